The molecule has 0 atom stereocenters. The van der Waals surface area contributed by atoms with Crippen molar-refractivity contribution in [3.8, 4) is 0 Å². The first-order valence-corrected chi connectivity index (χ1v) is 2.03. The van der Waals surface area contributed by atoms with Crippen LogP contribution >= 0.6 is 0 Å². The fourth-order valence-electron chi connectivity index (χ4n) is 0.215. The molecule has 0 aromatic heterocycles. The van der Waals surface area contributed by atoms with Crippen LogP contribution in [0.25, 0.3) is 0 Å². The first kappa shape index (κ1) is 8.20. The number of hydrogen-bond donors (Lipinski definition) is 0. The van der Waals surface area contributed by atoms with Crippen LogP contribution < -0.4 is 0 Å². The van der Waals surface area contributed by atoms with Gasteiger partial charge in [-0.05, 0) is 6.08 Å². The lowest BCUT2D eigenvalue weighted by Crippen LogP contribution is -2.01. The van der Waals surface area contributed by atoms with Crippen LogP contribution in [-0.2, 0) is 0 Å². The lowest BCUT2D eigenvalue weighted by molar-refractivity contribution is -0.0811. The molecule has 0 saturated heterocycles. The summed E-state index contributed by atoms with van der Waals surface area (Å²) in [6.45, 7) is 2.80. The lowest BCUT2D eigenvalue weighted by Gasteiger charge is -1.95. The molecule has 0 aromatic carbocycles. The fraction of sp³-hybridized carbons (Fsp3) is 0.200. The van der Waals surface area contributed by atoms with Crippen molar-refractivity contribution in [3.63, 3.8) is 0 Å². The molecule has 0 aliphatic carbocycles. The van der Waals surface area contributed by atoms with E-state index in [2.05, 4.69) is 6.58 Å². The Bertz CT molecular complexity index is 130. The minimum atomic E-state index is -4.59. The molecule has 0 aromatic rings. The van der Waals surface area contributed by atoms with Crippen LogP contribution in [0.15, 0.2) is 24.6 Å². The van der Waals surface area contributed by atoms with E-state index in [1.807, 2.05) is 0 Å². The maximum absolute atomic E-state index is 11.7. The zero-order valence-electron chi connectivity index (χ0n) is 4.37. The first-order chi connectivity index (χ1) is 3.95. The van der Waals surface area contributed by atoms with E-state index >= 15 is 0 Å². The third-order valence-electron chi connectivity index (χ3n) is 0.497. The second kappa shape index (κ2) is 2.66. The van der Waals surface area contributed by atoms with Crippen LogP contribution in [0.5, 0.6) is 0 Å². The molecule has 0 aliphatic rings. The molecular formula is C5H4F4. The van der Waals surface area contributed by atoms with Gasteiger partial charge in [-0.3, -0.25) is 0 Å². The summed E-state index contributed by atoms with van der Waals surface area (Å²) >= 11 is 0. The average Bonchev–Trinajstić information content (AvgIpc) is 1.62. The molecule has 0 aliphatic heterocycles. The van der Waals surface area contributed by atoms with Crippen LogP contribution in [-0.4, -0.2) is 6.18 Å². The summed E-state index contributed by atoms with van der Waals surface area (Å²) in [5.74, 6) is -1.37. The number of allylic oxidation sites excluding steroid dienone is 3. The number of halogens is 4. The molecule has 52 valence electrons. The van der Waals surface area contributed by atoms with Crippen molar-refractivity contribution < 1.29 is 17.6 Å². The van der Waals surface area contributed by atoms with Crippen molar-refractivity contribution in [1.82, 2.24) is 0 Å². The van der Waals surface area contributed by atoms with E-state index in [-0.39, 0.29) is 0 Å². The molecule has 4 heteroatoms. The van der Waals surface area contributed by atoms with Crippen molar-refractivity contribution in [3.05, 3.63) is 24.6 Å². The average molecular weight is 140 g/mol. The van der Waals surface area contributed by atoms with Gasteiger partial charge in [0.05, 0.1) is 6.08 Å². The Labute approximate surface area is 49.5 Å². The molecule has 9 heavy (non-hydrogen) atoms. The van der Waals surface area contributed by atoms with Crippen LogP contribution in [0.3, 0.4) is 0 Å². The monoisotopic (exact) mass is 140 g/mol. The lowest BCUT2D eigenvalue weighted by atomic mass is 10.4. The summed E-state index contributed by atoms with van der Waals surface area (Å²) in [6, 6.07) is 0. The highest BCUT2D eigenvalue weighted by atomic mass is 19.4. The normalized spacial score (nSPS) is 13.6. The Hall–Kier alpha value is -0.800. The molecule has 0 nitrogen and oxygen atoms in total. The van der Waals surface area contributed by atoms with Gasteiger partial charge in [-0.2, -0.15) is 13.2 Å². The second-order valence-electron chi connectivity index (χ2n) is 1.27. The molecule has 0 radical (unpaired) electrons. The SMILES string of the molecule is C=CC(F)=CC(F)(F)F. The van der Waals surface area contributed by atoms with Gasteiger partial charge in [0.1, 0.15) is 5.83 Å². The highest BCUT2D eigenvalue weighted by molar-refractivity contribution is 5.09. The molecule has 0 amide bonds. The summed E-state index contributed by atoms with van der Waals surface area (Å²) in [4.78, 5) is 0. The Morgan fingerprint density at radius 2 is 1.78 bits per heavy atom. The molecule has 0 unspecified atom stereocenters. The molecule has 0 bridgehead atoms. The van der Waals surface area contributed by atoms with Gasteiger partial charge in [-0.15, -0.1) is 0 Å². The van der Waals surface area contributed by atoms with Gasteiger partial charge in [0, 0.05) is 0 Å². The van der Waals surface area contributed by atoms with Crippen molar-refractivity contribution >= 4 is 0 Å². The third kappa shape index (κ3) is 5.06. The minimum Gasteiger partial charge on any atom is -0.207 e. The highest BCUT2D eigenvalue weighted by Crippen LogP contribution is 2.18. The van der Waals surface area contributed by atoms with Gasteiger partial charge in [-0.25, -0.2) is 4.39 Å². The largest absolute Gasteiger partial charge is 0.412 e. The number of rotatable bonds is 1. The smallest absolute Gasteiger partial charge is 0.207 e. The number of hydrogen-bond acceptors (Lipinski definition) is 0. The quantitative estimate of drug-likeness (QED) is 0.388. The van der Waals surface area contributed by atoms with Crippen LogP contribution in [0.1, 0.15) is 0 Å². The molecule has 0 heterocycles. The summed E-state index contributed by atoms with van der Waals surface area (Å²) in [6.07, 6.45) is -4.55. The van der Waals surface area contributed by atoms with Gasteiger partial charge < -0.3 is 0 Å². The molecule has 0 saturated carbocycles. The first-order valence-electron chi connectivity index (χ1n) is 2.03. The van der Waals surface area contributed by atoms with E-state index in [1.165, 1.54) is 0 Å². The predicted molar refractivity (Wildman–Crippen MR) is 25.4 cm³/mol. The van der Waals surface area contributed by atoms with Crippen molar-refractivity contribution in [2.75, 3.05) is 0 Å². The van der Waals surface area contributed by atoms with Crippen molar-refractivity contribution in [2.45, 2.75) is 6.18 Å². The summed E-state index contributed by atoms with van der Waals surface area (Å²) in [7, 11) is 0. The topological polar surface area (TPSA) is 0 Å². The third-order valence-corrected chi connectivity index (χ3v) is 0.497. The van der Waals surface area contributed by atoms with Gasteiger partial charge >= 0.3 is 6.18 Å². The van der Waals surface area contributed by atoms with E-state index in [0.717, 1.165) is 0 Å². The van der Waals surface area contributed by atoms with E-state index in [9.17, 15) is 17.6 Å². The Morgan fingerprint density at radius 1 is 1.33 bits per heavy atom. The molecule has 0 spiro atoms. The van der Waals surface area contributed by atoms with Gasteiger partial charge in [0.2, 0.25) is 0 Å². The molecule has 0 rings (SSSR count). The zero-order valence-corrected chi connectivity index (χ0v) is 4.37. The van der Waals surface area contributed by atoms with Crippen LogP contribution in [0.2, 0.25) is 0 Å². The van der Waals surface area contributed by atoms with E-state index in [4.69, 9.17) is 0 Å². The van der Waals surface area contributed by atoms with Crippen molar-refractivity contribution in [1.29, 1.82) is 0 Å². The van der Waals surface area contributed by atoms with Gasteiger partial charge in [0.25, 0.3) is 0 Å². The standard InChI is InChI=1S/C5H4F4/c1-2-4(6)3-5(7,8)9/h2-3H,1H2. The van der Waals surface area contributed by atoms with Crippen molar-refractivity contribution in [2.24, 2.45) is 0 Å². The summed E-state index contributed by atoms with van der Waals surface area (Å²) < 4.78 is 45.0. The predicted octanol–water partition coefficient (Wildman–Crippen LogP) is 2.59. The fourth-order valence-corrected chi connectivity index (χ4v) is 0.215. The number of alkyl halides is 3. The zero-order chi connectivity index (χ0) is 7.49. The maximum atomic E-state index is 11.7. The molecule has 0 N–H and O–H groups in total. The summed E-state index contributed by atoms with van der Waals surface area (Å²) in [5, 5.41) is 0. The maximum Gasteiger partial charge on any atom is 0.412 e. The van der Waals surface area contributed by atoms with Crippen LogP contribution in [0, 0.1) is 0 Å². The van der Waals surface area contributed by atoms with E-state index in [0.29, 0.717) is 6.08 Å². The highest BCUT2D eigenvalue weighted by Gasteiger charge is 2.23. The Morgan fingerprint density at radius 3 is 1.89 bits per heavy atom. The molecule has 0 fully saturated rings. The Balaban J connectivity index is 4.11. The van der Waals surface area contributed by atoms with Crippen LogP contribution in [0.4, 0.5) is 17.6 Å². The van der Waals surface area contributed by atoms with Gasteiger partial charge in [0.15, 0.2) is 0 Å². The van der Waals surface area contributed by atoms with E-state index in [1.54, 1.807) is 0 Å². The second-order valence-corrected chi connectivity index (χ2v) is 1.27. The minimum absolute atomic E-state index is 0.458. The van der Waals surface area contributed by atoms with Gasteiger partial charge in [-0.1, -0.05) is 6.58 Å². The summed E-state index contributed by atoms with van der Waals surface area (Å²) in [5.41, 5.74) is 0. The Kier molecular flexibility index (Phi) is 2.42. The molecular weight excluding hydrogens is 136 g/mol. The van der Waals surface area contributed by atoms with E-state index < -0.39 is 18.1 Å².